The molecule has 1 unspecified atom stereocenters. The Morgan fingerprint density at radius 3 is 2.36 bits per heavy atom. The van der Waals surface area contributed by atoms with Crippen LogP contribution < -0.4 is 14.6 Å². The van der Waals surface area contributed by atoms with Crippen LogP contribution in [0, 0.1) is 10.7 Å². The topological polar surface area (TPSA) is 43.7 Å². The van der Waals surface area contributed by atoms with Crippen LogP contribution in [0.5, 0.6) is 0 Å². The normalized spacial score (nSPS) is 18.6. The molecule has 0 saturated carbocycles. The summed E-state index contributed by atoms with van der Waals surface area (Å²) in [5.74, 6) is 0.0860. The number of nitrogens with one attached hydrogen (secondary N) is 1. The summed E-state index contributed by atoms with van der Waals surface area (Å²) in [6, 6.07) is 21.6. The standard InChI is InChI=1S/C38H38I3N3OS2/c1-3-5-7-9-18-43-31-16-14-26(40)21-33(31)46-35(43)23-29-37(42-28-13-11-12-25(39)20-28)30(38(29)45)24-36-44(19-10-8-6-4-2)32-17-15-27(41)22-34(32)47-36/h11-17,20-24H,3-10,18-19H2,1-2H3/p+1. The summed E-state index contributed by atoms with van der Waals surface area (Å²) in [6.45, 7) is 6.48. The van der Waals surface area contributed by atoms with Gasteiger partial charge >= 0.3 is 0 Å². The first-order chi connectivity index (χ1) is 22.9. The highest BCUT2D eigenvalue weighted by atomic mass is 127. The molecule has 9 heteroatoms. The van der Waals surface area contributed by atoms with Gasteiger partial charge in [-0.1, -0.05) is 62.7 Å². The first-order valence-corrected chi connectivity index (χ1v) is 21.4. The molecule has 0 radical (unpaired) electrons. The highest BCUT2D eigenvalue weighted by Gasteiger charge is 2.34. The van der Waals surface area contributed by atoms with Crippen molar-refractivity contribution in [2.24, 2.45) is 4.99 Å². The van der Waals surface area contributed by atoms with Gasteiger partial charge in [-0.2, -0.15) is 4.57 Å². The molecule has 0 fully saturated rings. The smallest absolute Gasteiger partial charge is 0.263 e. The second-order valence-corrected chi connectivity index (χ2v) is 17.9. The van der Waals surface area contributed by atoms with E-state index in [0.29, 0.717) is 5.57 Å². The summed E-state index contributed by atoms with van der Waals surface area (Å²) in [6.07, 6.45) is 13.9. The first kappa shape index (κ1) is 35.6. The molecule has 1 aromatic heterocycles. The van der Waals surface area contributed by atoms with E-state index in [0.717, 1.165) is 51.5 Å². The van der Waals surface area contributed by atoms with Crippen LogP contribution in [0.25, 0.3) is 16.3 Å². The van der Waals surface area contributed by atoms with E-state index in [4.69, 9.17) is 4.99 Å². The summed E-state index contributed by atoms with van der Waals surface area (Å²) in [5, 5.41) is 16.5. The molecule has 1 atom stereocenters. The Morgan fingerprint density at radius 2 is 1.57 bits per heavy atom. The number of benzene rings is 3. The van der Waals surface area contributed by atoms with Crippen LogP contribution in [0.4, 0.5) is 11.4 Å². The Bertz CT molecular complexity index is 1910. The highest BCUT2D eigenvalue weighted by Crippen LogP contribution is 2.40. The SMILES string of the molecule is CCCCCC[n+]1c(C=C2C(=Nc3cccc(I)c3)C(C=C3Sc4cc(I)ccc4[NH+]3CCCCCC)=C2[O-])sc2cc(I)ccc21. The molecule has 4 nitrogen and oxygen atoms in total. The van der Waals surface area contributed by atoms with E-state index in [1.807, 2.05) is 12.1 Å². The van der Waals surface area contributed by atoms with Gasteiger partial charge in [0.2, 0.25) is 5.52 Å². The summed E-state index contributed by atoms with van der Waals surface area (Å²) in [7, 11) is 0. The Kier molecular flexibility index (Phi) is 12.6. The Labute approximate surface area is 328 Å². The minimum absolute atomic E-state index is 0.0860. The molecule has 47 heavy (non-hydrogen) atoms. The number of halogens is 3. The second kappa shape index (κ2) is 16.6. The predicted octanol–water partition coefficient (Wildman–Crippen LogP) is 10.1. The lowest BCUT2D eigenvalue weighted by molar-refractivity contribution is -0.780. The van der Waals surface area contributed by atoms with Gasteiger partial charge in [0, 0.05) is 52.6 Å². The third-order valence-electron chi connectivity index (χ3n) is 8.59. The largest absolute Gasteiger partial charge is 0.872 e. The van der Waals surface area contributed by atoms with Gasteiger partial charge in [-0.05, 0) is 141 Å². The van der Waals surface area contributed by atoms with Crippen LogP contribution in [0.1, 0.15) is 70.2 Å². The molecule has 2 aliphatic rings. The summed E-state index contributed by atoms with van der Waals surface area (Å²) in [4.78, 5) is 7.81. The number of hydrogen-bond acceptors (Lipinski definition) is 4. The molecule has 2 heterocycles. The fourth-order valence-electron chi connectivity index (χ4n) is 6.12. The number of quaternary nitrogens is 1. The molecule has 4 aromatic rings. The number of aliphatic imine (C=N–C) groups is 1. The van der Waals surface area contributed by atoms with E-state index in [1.54, 1.807) is 23.1 Å². The van der Waals surface area contributed by atoms with Gasteiger partial charge in [0.25, 0.3) is 5.01 Å². The Balaban J connectivity index is 1.43. The molecule has 6 rings (SSSR count). The van der Waals surface area contributed by atoms with Crippen LogP contribution >= 0.6 is 90.9 Å². The van der Waals surface area contributed by atoms with Gasteiger partial charge in [0.1, 0.15) is 4.70 Å². The molecular formula is C38H39I3N3OS2+. The van der Waals surface area contributed by atoms with Crippen molar-refractivity contribution in [3.8, 4) is 0 Å². The van der Waals surface area contributed by atoms with Crippen molar-refractivity contribution in [2.75, 3.05) is 6.54 Å². The zero-order valence-electron chi connectivity index (χ0n) is 26.8. The number of rotatable bonds is 13. The summed E-state index contributed by atoms with van der Waals surface area (Å²) in [5.41, 5.74) is 5.66. The fraction of sp³-hybridized carbons (Fsp3) is 0.316. The molecule has 1 aliphatic heterocycles. The number of aryl methyl sites for hydroxylation is 1. The van der Waals surface area contributed by atoms with E-state index in [2.05, 4.69) is 147 Å². The van der Waals surface area contributed by atoms with Gasteiger partial charge < -0.3 is 5.11 Å². The van der Waals surface area contributed by atoms with E-state index >= 15 is 0 Å². The molecule has 0 spiro atoms. The second-order valence-electron chi connectivity index (χ2n) is 12.0. The molecule has 0 saturated heterocycles. The van der Waals surface area contributed by atoms with Crippen molar-refractivity contribution in [1.29, 1.82) is 0 Å². The molecular weight excluding hydrogens is 959 g/mol. The van der Waals surface area contributed by atoms with Crippen molar-refractivity contribution in [3.05, 3.63) is 104 Å². The van der Waals surface area contributed by atoms with Gasteiger partial charge in [-0.25, -0.2) is 4.99 Å². The Hall–Kier alpha value is -1.26. The molecule has 0 bridgehead atoms. The van der Waals surface area contributed by atoms with Gasteiger partial charge in [-0.15, -0.1) is 0 Å². The number of nitrogens with zero attached hydrogens (tertiary/aromatic N) is 2. The molecule has 1 aliphatic carbocycles. The summed E-state index contributed by atoms with van der Waals surface area (Å²) < 4.78 is 7.26. The zero-order chi connectivity index (χ0) is 32.9. The maximum atomic E-state index is 14.2. The van der Waals surface area contributed by atoms with Crippen LogP contribution in [0.3, 0.4) is 0 Å². The molecule has 1 N–H and O–H groups in total. The average molecular weight is 999 g/mol. The van der Waals surface area contributed by atoms with Crippen molar-refractivity contribution in [2.45, 2.75) is 76.7 Å². The van der Waals surface area contributed by atoms with Crippen LogP contribution in [0.2, 0.25) is 0 Å². The lowest BCUT2D eigenvalue weighted by Crippen LogP contribution is -3.03. The van der Waals surface area contributed by atoms with Crippen molar-refractivity contribution in [1.82, 2.24) is 0 Å². The van der Waals surface area contributed by atoms with Crippen LogP contribution in [0.15, 0.2) is 98.6 Å². The third kappa shape index (κ3) is 8.38. The van der Waals surface area contributed by atoms with Gasteiger partial charge in [0.05, 0.1) is 22.8 Å². The zero-order valence-corrected chi connectivity index (χ0v) is 34.9. The molecule has 244 valence electrons. The monoisotopic (exact) mass is 998 g/mol. The lowest BCUT2D eigenvalue weighted by Gasteiger charge is -2.32. The number of thioether (sulfide) groups is 1. The minimum Gasteiger partial charge on any atom is -0.872 e. The van der Waals surface area contributed by atoms with Crippen molar-refractivity contribution in [3.63, 3.8) is 0 Å². The summed E-state index contributed by atoms with van der Waals surface area (Å²) >= 11 is 10.7. The number of fused-ring (bicyclic) bond motifs is 2. The van der Waals surface area contributed by atoms with Crippen LogP contribution in [-0.4, -0.2) is 12.3 Å². The van der Waals surface area contributed by atoms with E-state index in [9.17, 15) is 5.11 Å². The number of unbranched alkanes of at least 4 members (excludes halogenated alkanes) is 6. The van der Waals surface area contributed by atoms with E-state index in [1.165, 1.54) is 76.4 Å². The maximum Gasteiger partial charge on any atom is 0.263 e. The van der Waals surface area contributed by atoms with Crippen molar-refractivity contribution >= 4 is 124 Å². The van der Waals surface area contributed by atoms with Gasteiger partial charge in [0.15, 0.2) is 17.3 Å². The van der Waals surface area contributed by atoms with Crippen molar-refractivity contribution < 1.29 is 14.6 Å². The predicted molar refractivity (Wildman–Crippen MR) is 223 cm³/mol. The quantitative estimate of drug-likeness (QED) is 0.0824. The lowest BCUT2D eigenvalue weighted by atomic mass is 9.86. The fourth-order valence-corrected chi connectivity index (χ4v) is 10.5. The minimum atomic E-state index is 0.0860. The van der Waals surface area contributed by atoms with Crippen LogP contribution in [-0.2, 0) is 6.54 Å². The third-order valence-corrected chi connectivity index (χ3v) is 12.8. The number of aromatic nitrogens is 1. The average Bonchev–Trinajstić information content (AvgIpc) is 3.57. The van der Waals surface area contributed by atoms with E-state index < -0.39 is 0 Å². The first-order valence-electron chi connectivity index (χ1n) is 16.5. The van der Waals surface area contributed by atoms with E-state index in [-0.39, 0.29) is 5.76 Å². The maximum absolute atomic E-state index is 14.2. The molecule has 3 aromatic carbocycles. The number of allylic oxidation sites excluding steroid dienone is 3. The number of hydrogen-bond donors (Lipinski definition) is 1. The number of thiazole rings is 1. The Morgan fingerprint density at radius 1 is 0.830 bits per heavy atom. The van der Waals surface area contributed by atoms with Gasteiger partial charge in [-0.3, -0.25) is 4.90 Å². The molecule has 0 amide bonds. The highest BCUT2D eigenvalue weighted by molar-refractivity contribution is 14.1.